The fourth-order valence-corrected chi connectivity index (χ4v) is 3.92. The van der Waals surface area contributed by atoms with Gasteiger partial charge in [-0.15, -0.1) is 24.0 Å². The average Bonchev–Trinajstić information content (AvgIpc) is 3.23. The molecular formula is C23H34IN5O2. The number of hydrogen-bond donors (Lipinski definition) is 1. The van der Waals surface area contributed by atoms with Crippen LogP contribution in [0.4, 0.5) is 0 Å². The van der Waals surface area contributed by atoms with Gasteiger partial charge in [0.15, 0.2) is 5.96 Å². The maximum atomic E-state index is 12.1. The highest BCUT2D eigenvalue weighted by molar-refractivity contribution is 14.0. The van der Waals surface area contributed by atoms with Gasteiger partial charge in [0.25, 0.3) is 0 Å². The molecular weight excluding hydrogens is 505 g/mol. The van der Waals surface area contributed by atoms with Gasteiger partial charge in [0.2, 0.25) is 0 Å². The number of nitrogens with one attached hydrogen (secondary N) is 1. The molecule has 0 amide bonds. The van der Waals surface area contributed by atoms with Gasteiger partial charge in [-0.3, -0.25) is 9.79 Å². The highest BCUT2D eigenvalue weighted by Gasteiger charge is 2.28. The van der Waals surface area contributed by atoms with Crippen LogP contribution in [0.3, 0.4) is 0 Å². The number of aliphatic imine (C=N–C) groups is 1. The first kappa shape index (κ1) is 25.2. The summed E-state index contributed by atoms with van der Waals surface area (Å²) in [6, 6.07) is 10.6. The van der Waals surface area contributed by atoms with E-state index in [0.717, 1.165) is 50.6 Å². The third-order valence-corrected chi connectivity index (χ3v) is 5.47. The van der Waals surface area contributed by atoms with E-state index in [9.17, 15) is 4.79 Å². The molecule has 0 radical (unpaired) electrons. The van der Waals surface area contributed by atoms with Crippen molar-refractivity contribution in [3.63, 3.8) is 0 Å². The van der Waals surface area contributed by atoms with Gasteiger partial charge < -0.3 is 19.5 Å². The SMILES string of the molecule is CCOC(=O)[C@@H]1CCCN(C(=NC)NCc2nccn2CCCc2ccccc2)C1.I. The number of piperidine rings is 1. The summed E-state index contributed by atoms with van der Waals surface area (Å²) >= 11 is 0. The minimum atomic E-state index is -0.105. The van der Waals surface area contributed by atoms with Crippen molar-refractivity contribution >= 4 is 35.9 Å². The Kier molecular flexibility index (Phi) is 10.8. The van der Waals surface area contributed by atoms with Crippen molar-refractivity contribution in [1.29, 1.82) is 0 Å². The lowest BCUT2D eigenvalue weighted by molar-refractivity contribution is -0.149. The Morgan fingerprint density at radius 2 is 2.13 bits per heavy atom. The number of carbonyl (C=O) groups excluding carboxylic acids is 1. The molecule has 8 heteroatoms. The van der Waals surface area contributed by atoms with Gasteiger partial charge in [0.05, 0.1) is 19.1 Å². The molecule has 2 aromatic rings. The highest BCUT2D eigenvalue weighted by Crippen LogP contribution is 2.18. The molecule has 170 valence electrons. The van der Waals surface area contributed by atoms with Crippen LogP contribution in [-0.2, 0) is 29.0 Å². The third-order valence-electron chi connectivity index (χ3n) is 5.47. The minimum absolute atomic E-state index is 0. The number of halogens is 1. The van der Waals surface area contributed by atoms with E-state index in [1.807, 2.05) is 25.4 Å². The Hall–Kier alpha value is -2.10. The normalized spacial score (nSPS) is 16.5. The number of likely N-dealkylation sites (tertiary alicyclic amines) is 1. The van der Waals surface area contributed by atoms with E-state index < -0.39 is 0 Å². The molecule has 31 heavy (non-hydrogen) atoms. The molecule has 1 N–H and O–H groups in total. The van der Waals surface area contributed by atoms with Crippen LogP contribution in [0, 0.1) is 5.92 Å². The van der Waals surface area contributed by atoms with Gasteiger partial charge in [-0.2, -0.15) is 0 Å². The zero-order chi connectivity index (χ0) is 21.2. The number of aromatic nitrogens is 2. The highest BCUT2D eigenvalue weighted by atomic mass is 127. The number of aryl methyl sites for hydroxylation is 2. The molecule has 1 aliphatic heterocycles. The Morgan fingerprint density at radius 3 is 2.87 bits per heavy atom. The molecule has 1 fully saturated rings. The van der Waals surface area contributed by atoms with E-state index in [4.69, 9.17) is 4.74 Å². The lowest BCUT2D eigenvalue weighted by Crippen LogP contribution is -2.48. The van der Waals surface area contributed by atoms with Crippen LogP contribution in [-0.4, -0.2) is 53.1 Å². The number of guanidine groups is 1. The first-order valence-electron chi connectivity index (χ1n) is 10.9. The maximum absolute atomic E-state index is 12.1. The van der Waals surface area contributed by atoms with Crippen LogP contribution in [0.1, 0.15) is 37.6 Å². The van der Waals surface area contributed by atoms with Crippen molar-refractivity contribution in [2.24, 2.45) is 10.9 Å². The molecule has 1 aromatic heterocycles. The number of imidazole rings is 1. The Bertz CT molecular complexity index is 824. The fraction of sp³-hybridized carbons (Fsp3) is 0.522. The molecule has 1 aliphatic rings. The maximum Gasteiger partial charge on any atom is 0.310 e. The number of hydrogen-bond acceptors (Lipinski definition) is 4. The summed E-state index contributed by atoms with van der Waals surface area (Å²) in [5.74, 6) is 1.61. The number of ether oxygens (including phenoxy) is 1. The predicted molar refractivity (Wildman–Crippen MR) is 134 cm³/mol. The lowest BCUT2D eigenvalue weighted by atomic mass is 9.98. The van der Waals surface area contributed by atoms with Crippen molar-refractivity contribution in [2.75, 3.05) is 26.7 Å². The number of nitrogens with zero attached hydrogens (tertiary/aromatic N) is 4. The van der Waals surface area contributed by atoms with Crippen molar-refractivity contribution in [3.8, 4) is 0 Å². The van der Waals surface area contributed by atoms with Gasteiger partial charge in [0, 0.05) is 39.1 Å². The van der Waals surface area contributed by atoms with Crippen LogP contribution in [0.15, 0.2) is 47.7 Å². The number of carbonyl (C=O) groups is 1. The first-order valence-corrected chi connectivity index (χ1v) is 10.9. The van der Waals surface area contributed by atoms with Gasteiger partial charge >= 0.3 is 5.97 Å². The molecule has 1 atom stereocenters. The Morgan fingerprint density at radius 1 is 1.32 bits per heavy atom. The monoisotopic (exact) mass is 539 g/mol. The number of esters is 1. The molecule has 2 heterocycles. The summed E-state index contributed by atoms with van der Waals surface area (Å²) in [5.41, 5.74) is 1.36. The van der Waals surface area contributed by atoms with Crippen molar-refractivity contribution in [2.45, 2.75) is 45.7 Å². The molecule has 0 unspecified atom stereocenters. The van der Waals surface area contributed by atoms with Gasteiger partial charge in [-0.25, -0.2) is 4.98 Å². The third kappa shape index (κ3) is 7.52. The fourth-order valence-electron chi connectivity index (χ4n) is 3.92. The summed E-state index contributed by atoms with van der Waals surface area (Å²) in [5, 5.41) is 3.42. The predicted octanol–water partition coefficient (Wildman–Crippen LogP) is 3.48. The van der Waals surface area contributed by atoms with Crippen LogP contribution >= 0.6 is 24.0 Å². The standard InChI is InChI=1S/C23H33N5O2.HI/c1-3-30-22(29)20-12-8-15-28(18-20)23(24-2)26-17-21-25-13-16-27(21)14-7-11-19-9-5-4-6-10-19;/h4-6,9-10,13,16,20H,3,7-8,11-12,14-15,17-18H2,1-2H3,(H,24,26);1H/t20-;/m1./s1. The minimum Gasteiger partial charge on any atom is -0.466 e. The zero-order valence-corrected chi connectivity index (χ0v) is 20.8. The summed E-state index contributed by atoms with van der Waals surface area (Å²) in [6.45, 7) is 5.34. The van der Waals surface area contributed by atoms with E-state index in [1.54, 1.807) is 7.05 Å². The van der Waals surface area contributed by atoms with E-state index in [2.05, 4.69) is 49.0 Å². The Labute approximate surface area is 202 Å². The lowest BCUT2D eigenvalue weighted by Gasteiger charge is -2.33. The van der Waals surface area contributed by atoms with E-state index in [-0.39, 0.29) is 35.9 Å². The quantitative estimate of drug-likeness (QED) is 0.241. The van der Waals surface area contributed by atoms with E-state index >= 15 is 0 Å². The second-order valence-electron chi connectivity index (χ2n) is 7.56. The molecule has 7 nitrogen and oxygen atoms in total. The van der Waals surface area contributed by atoms with Crippen LogP contribution < -0.4 is 5.32 Å². The molecule has 3 rings (SSSR count). The second-order valence-corrected chi connectivity index (χ2v) is 7.56. The summed E-state index contributed by atoms with van der Waals surface area (Å²) in [4.78, 5) is 23.2. The smallest absolute Gasteiger partial charge is 0.310 e. The Balaban J connectivity index is 0.00000341. The topological polar surface area (TPSA) is 71.8 Å². The van der Waals surface area contributed by atoms with Gasteiger partial charge in [0.1, 0.15) is 5.82 Å². The van der Waals surface area contributed by atoms with Gasteiger partial charge in [-0.05, 0) is 38.2 Å². The summed E-state index contributed by atoms with van der Waals surface area (Å²) < 4.78 is 7.40. The second kappa shape index (κ2) is 13.3. The summed E-state index contributed by atoms with van der Waals surface area (Å²) in [6.07, 6.45) is 7.82. The van der Waals surface area contributed by atoms with Crippen LogP contribution in [0.2, 0.25) is 0 Å². The summed E-state index contributed by atoms with van der Waals surface area (Å²) in [7, 11) is 1.78. The average molecular weight is 539 g/mol. The molecule has 0 saturated carbocycles. The van der Waals surface area contributed by atoms with E-state index in [1.165, 1.54) is 5.56 Å². The first-order chi connectivity index (χ1) is 14.7. The number of benzene rings is 1. The van der Waals surface area contributed by atoms with Crippen molar-refractivity contribution in [3.05, 3.63) is 54.1 Å². The molecule has 0 aliphatic carbocycles. The molecule has 1 aromatic carbocycles. The molecule has 1 saturated heterocycles. The molecule has 0 spiro atoms. The van der Waals surface area contributed by atoms with Crippen molar-refractivity contribution < 1.29 is 9.53 Å². The zero-order valence-electron chi connectivity index (χ0n) is 18.5. The van der Waals surface area contributed by atoms with Gasteiger partial charge in [-0.1, -0.05) is 30.3 Å². The van der Waals surface area contributed by atoms with Crippen LogP contribution in [0.25, 0.3) is 0 Å². The van der Waals surface area contributed by atoms with Crippen molar-refractivity contribution in [1.82, 2.24) is 19.8 Å². The molecule has 0 bridgehead atoms. The van der Waals surface area contributed by atoms with E-state index in [0.29, 0.717) is 19.7 Å². The van der Waals surface area contributed by atoms with Crippen LogP contribution in [0.5, 0.6) is 0 Å². The number of rotatable bonds is 8. The largest absolute Gasteiger partial charge is 0.466 e.